The third-order valence-corrected chi connectivity index (χ3v) is 4.81. The lowest BCUT2D eigenvalue weighted by molar-refractivity contribution is 0.0582. The molecule has 2 atom stereocenters. The van der Waals surface area contributed by atoms with Crippen molar-refractivity contribution in [1.29, 1.82) is 0 Å². The van der Waals surface area contributed by atoms with Gasteiger partial charge in [0.05, 0.1) is 12.2 Å². The molecular formula is C15H25N5O. The second kappa shape index (κ2) is 6.13. The Labute approximate surface area is 125 Å². The Balaban J connectivity index is 1.69. The van der Waals surface area contributed by atoms with E-state index in [2.05, 4.69) is 29.5 Å². The summed E-state index contributed by atoms with van der Waals surface area (Å²) in [5, 5.41) is 11.6. The van der Waals surface area contributed by atoms with Crippen molar-refractivity contribution in [2.75, 3.05) is 19.6 Å². The van der Waals surface area contributed by atoms with E-state index in [-0.39, 0.29) is 5.91 Å². The van der Waals surface area contributed by atoms with Gasteiger partial charge in [-0.1, -0.05) is 12.1 Å². The van der Waals surface area contributed by atoms with Crippen LogP contribution in [-0.2, 0) is 0 Å². The van der Waals surface area contributed by atoms with Crippen molar-refractivity contribution in [1.82, 2.24) is 25.2 Å². The van der Waals surface area contributed by atoms with Gasteiger partial charge in [-0.15, -0.1) is 5.10 Å². The Kier molecular flexibility index (Phi) is 4.24. The fourth-order valence-corrected chi connectivity index (χ4v) is 3.48. The number of hydrogen-bond donors (Lipinski definition) is 1. The highest BCUT2D eigenvalue weighted by Gasteiger charge is 2.29. The summed E-state index contributed by atoms with van der Waals surface area (Å²) in [5.74, 6) is 0.740. The van der Waals surface area contributed by atoms with Crippen LogP contribution >= 0.6 is 0 Å². The minimum atomic E-state index is 0.0367. The first-order valence-corrected chi connectivity index (χ1v) is 8.08. The first kappa shape index (κ1) is 14.5. The summed E-state index contributed by atoms with van der Waals surface area (Å²) in [6, 6.07) is 0.671. The molecule has 116 valence electrons. The summed E-state index contributed by atoms with van der Waals surface area (Å²) in [5.41, 5.74) is 0.495. The van der Waals surface area contributed by atoms with Crippen molar-refractivity contribution in [3.05, 3.63) is 11.9 Å². The molecule has 1 aromatic heterocycles. The fraction of sp³-hybridized carbons (Fsp3) is 0.800. The van der Waals surface area contributed by atoms with Crippen LogP contribution in [0.5, 0.6) is 0 Å². The predicted octanol–water partition coefficient (Wildman–Crippen LogP) is 1.46. The zero-order valence-electron chi connectivity index (χ0n) is 13.0. The lowest BCUT2D eigenvalue weighted by Gasteiger charge is -2.36. The zero-order chi connectivity index (χ0) is 14.8. The van der Waals surface area contributed by atoms with Crippen LogP contribution < -0.4 is 5.32 Å². The molecule has 0 radical (unpaired) electrons. The van der Waals surface area contributed by atoms with Gasteiger partial charge in [0.15, 0.2) is 5.69 Å². The molecule has 2 unspecified atom stereocenters. The molecule has 0 aliphatic carbocycles. The number of carbonyl (C=O) groups excluding carboxylic acids is 1. The van der Waals surface area contributed by atoms with Crippen molar-refractivity contribution in [2.45, 2.75) is 51.6 Å². The Hall–Kier alpha value is -1.43. The van der Waals surface area contributed by atoms with Crippen LogP contribution in [0, 0.1) is 5.92 Å². The number of nitrogens with one attached hydrogen (secondary N) is 1. The lowest BCUT2D eigenvalue weighted by Crippen LogP contribution is -2.44. The maximum absolute atomic E-state index is 12.6. The highest BCUT2D eigenvalue weighted by molar-refractivity contribution is 5.92. The maximum atomic E-state index is 12.6. The standard InChI is InChI=1S/C15H25N5O/c1-11-5-8-19(12(2)9-11)15(21)14-10-20(18-17-14)13-3-6-16-7-4-13/h10-13,16H,3-9H2,1-2H3. The monoisotopic (exact) mass is 291 g/mol. The van der Waals surface area contributed by atoms with Gasteiger partial charge < -0.3 is 10.2 Å². The van der Waals surface area contributed by atoms with Crippen LogP contribution in [0.15, 0.2) is 6.20 Å². The third kappa shape index (κ3) is 3.10. The number of carbonyl (C=O) groups is 1. The number of piperidine rings is 2. The highest BCUT2D eigenvalue weighted by Crippen LogP contribution is 2.24. The van der Waals surface area contributed by atoms with Crippen molar-refractivity contribution >= 4 is 5.91 Å². The zero-order valence-corrected chi connectivity index (χ0v) is 13.0. The summed E-state index contributed by atoms with van der Waals surface area (Å²) < 4.78 is 1.88. The molecule has 3 heterocycles. The molecule has 6 nitrogen and oxygen atoms in total. The topological polar surface area (TPSA) is 63.1 Å². The Morgan fingerprint density at radius 2 is 2.05 bits per heavy atom. The second-order valence-electron chi connectivity index (χ2n) is 6.54. The molecule has 1 amide bonds. The first-order valence-electron chi connectivity index (χ1n) is 8.08. The molecule has 6 heteroatoms. The number of aromatic nitrogens is 3. The molecule has 1 N–H and O–H groups in total. The molecule has 0 aromatic carbocycles. The maximum Gasteiger partial charge on any atom is 0.276 e. The average Bonchev–Trinajstić information content (AvgIpc) is 2.97. The Morgan fingerprint density at radius 1 is 1.29 bits per heavy atom. The van der Waals surface area contributed by atoms with Gasteiger partial charge in [-0.3, -0.25) is 4.79 Å². The van der Waals surface area contributed by atoms with Gasteiger partial charge in [0, 0.05) is 12.6 Å². The van der Waals surface area contributed by atoms with Gasteiger partial charge in [0.2, 0.25) is 0 Å². The number of amides is 1. The summed E-state index contributed by atoms with van der Waals surface area (Å²) in [6.45, 7) is 7.24. The highest BCUT2D eigenvalue weighted by atomic mass is 16.2. The van der Waals surface area contributed by atoms with E-state index < -0.39 is 0 Å². The van der Waals surface area contributed by atoms with E-state index in [4.69, 9.17) is 0 Å². The van der Waals surface area contributed by atoms with Crippen LogP contribution in [0.2, 0.25) is 0 Å². The van der Waals surface area contributed by atoms with E-state index in [0.717, 1.165) is 45.3 Å². The van der Waals surface area contributed by atoms with Crippen LogP contribution in [-0.4, -0.2) is 51.5 Å². The SMILES string of the molecule is CC1CCN(C(=O)c2cn(C3CCNCC3)nn2)C(C)C1. The second-order valence-corrected chi connectivity index (χ2v) is 6.54. The number of rotatable bonds is 2. The van der Waals surface area contributed by atoms with Crippen molar-refractivity contribution < 1.29 is 4.79 Å². The van der Waals surface area contributed by atoms with Crippen LogP contribution in [0.4, 0.5) is 0 Å². The molecule has 0 saturated carbocycles. The van der Waals surface area contributed by atoms with E-state index in [9.17, 15) is 4.79 Å². The van der Waals surface area contributed by atoms with Gasteiger partial charge in [0.25, 0.3) is 5.91 Å². The predicted molar refractivity (Wildman–Crippen MR) is 80.1 cm³/mol. The van der Waals surface area contributed by atoms with Gasteiger partial charge in [-0.05, 0) is 51.6 Å². The molecule has 2 saturated heterocycles. The van der Waals surface area contributed by atoms with Crippen molar-refractivity contribution in [2.24, 2.45) is 5.92 Å². The van der Waals surface area contributed by atoms with Crippen molar-refractivity contribution in [3.63, 3.8) is 0 Å². The van der Waals surface area contributed by atoms with E-state index in [1.54, 1.807) is 0 Å². The molecular weight excluding hydrogens is 266 g/mol. The Morgan fingerprint density at radius 3 is 2.76 bits per heavy atom. The molecule has 3 rings (SSSR count). The number of nitrogens with zero attached hydrogens (tertiary/aromatic N) is 4. The minimum Gasteiger partial charge on any atom is -0.334 e. The number of likely N-dealkylation sites (tertiary alicyclic amines) is 1. The molecule has 2 fully saturated rings. The lowest BCUT2D eigenvalue weighted by atomic mass is 9.93. The number of hydrogen-bond acceptors (Lipinski definition) is 4. The van der Waals surface area contributed by atoms with E-state index in [0.29, 0.717) is 23.7 Å². The van der Waals surface area contributed by atoms with Gasteiger partial charge >= 0.3 is 0 Å². The molecule has 2 aliphatic heterocycles. The molecule has 2 aliphatic rings. The van der Waals surface area contributed by atoms with E-state index in [1.165, 1.54) is 0 Å². The van der Waals surface area contributed by atoms with E-state index in [1.807, 2.05) is 15.8 Å². The molecule has 21 heavy (non-hydrogen) atoms. The molecule has 0 bridgehead atoms. The first-order chi connectivity index (χ1) is 10.1. The molecule has 0 spiro atoms. The molecule has 1 aromatic rings. The van der Waals surface area contributed by atoms with Gasteiger partial charge in [-0.2, -0.15) is 0 Å². The average molecular weight is 291 g/mol. The van der Waals surface area contributed by atoms with Gasteiger partial charge in [0.1, 0.15) is 0 Å². The van der Waals surface area contributed by atoms with Crippen LogP contribution in [0.1, 0.15) is 56.1 Å². The summed E-state index contributed by atoms with van der Waals surface area (Å²) >= 11 is 0. The van der Waals surface area contributed by atoms with Crippen molar-refractivity contribution in [3.8, 4) is 0 Å². The third-order valence-electron chi connectivity index (χ3n) is 4.81. The summed E-state index contributed by atoms with van der Waals surface area (Å²) in [4.78, 5) is 14.6. The smallest absolute Gasteiger partial charge is 0.276 e. The largest absolute Gasteiger partial charge is 0.334 e. The summed E-state index contributed by atoms with van der Waals surface area (Å²) in [6.07, 6.45) is 6.10. The van der Waals surface area contributed by atoms with Crippen LogP contribution in [0.3, 0.4) is 0 Å². The Bertz CT molecular complexity index is 494. The minimum absolute atomic E-state index is 0.0367. The van der Waals surface area contributed by atoms with Gasteiger partial charge in [-0.25, -0.2) is 4.68 Å². The van der Waals surface area contributed by atoms with Crippen LogP contribution in [0.25, 0.3) is 0 Å². The summed E-state index contributed by atoms with van der Waals surface area (Å²) in [7, 11) is 0. The normalized spacial score (nSPS) is 27.8. The van der Waals surface area contributed by atoms with E-state index >= 15 is 0 Å². The fourth-order valence-electron chi connectivity index (χ4n) is 3.48. The quantitative estimate of drug-likeness (QED) is 0.896.